The van der Waals surface area contributed by atoms with E-state index in [2.05, 4.69) is 23.3 Å². The molecule has 0 spiro atoms. The Labute approximate surface area is 117 Å². The summed E-state index contributed by atoms with van der Waals surface area (Å²) in [4.78, 5) is 0. The van der Waals surface area contributed by atoms with E-state index in [9.17, 15) is 0 Å². The molecule has 0 fully saturated rings. The van der Waals surface area contributed by atoms with Gasteiger partial charge >= 0.3 is 0 Å². The lowest BCUT2D eigenvalue weighted by molar-refractivity contribution is 0.419. The Morgan fingerprint density at radius 2 is 1.90 bits per heavy atom. The van der Waals surface area contributed by atoms with Gasteiger partial charge in [-0.2, -0.15) is 5.10 Å². The molecular weight excluding hydrogens is 250 g/mol. The summed E-state index contributed by atoms with van der Waals surface area (Å²) in [5, 5.41) is 6.59. The van der Waals surface area contributed by atoms with Gasteiger partial charge in [0.15, 0.2) is 0 Å². The van der Waals surface area contributed by atoms with E-state index < -0.39 is 0 Å². The average Bonchev–Trinajstić information content (AvgIpc) is 2.79. The molecule has 0 unspecified atom stereocenters. The second kappa shape index (κ2) is 4.89. The summed E-state index contributed by atoms with van der Waals surface area (Å²) in [6.45, 7) is 2.62. The summed E-state index contributed by atoms with van der Waals surface area (Å²) in [5.74, 6) is 1.60. The van der Waals surface area contributed by atoms with E-state index in [1.165, 1.54) is 10.9 Å². The first-order chi connectivity index (χ1) is 9.70. The average molecular weight is 267 g/mol. The standard InChI is InChI=1S/C16H17N3O/c1-11-9-18-19(16(11)17)10-12-7-8-15(20-2)14-6-4-3-5-13(12)14/h3-9H,10,17H2,1-2H3. The fraction of sp³-hybridized carbons (Fsp3) is 0.188. The van der Waals surface area contributed by atoms with Gasteiger partial charge in [0.25, 0.3) is 0 Å². The number of anilines is 1. The van der Waals surface area contributed by atoms with Crippen LogP contribution in [0.15, 0.2) is 42.6 Å². The third-order valence-electron chi connectivity index (χ3n) is 3.59. The van der Waals surface area contributed by atoms with Crippen molar-refractivity contribution < 1.29 is 4.74 Å². The van der Waals surface area contributed by atoms with Crippen molar-refractivity contribution >= 4 is 16.6 Å². The van der Waals surface area contributed by atoms with Gasteiger partial charge in [-0.25, -0.2) is 4.68 Å². The van der Waals surface area contributed by atoms with Crippen LogP contribution in [-0.2, 0) is 6.54 Å². The number of aromatic nitrogens is 2. The Kier molecular flexibility index (Phi) is 3.06. The van der Waals surface area contributed by atoms with Crippen molar-refractivity contribution in [3.8, 4) is 5.75 Å². The fourth-order valence-electron chi connectivity index (χ4n) is 2.43. The minimum atomic E-state index is 0.657. The molecule has 2 aromatic carbocycles. The SMILES string of the molecule is COc1ccc(Cn2ncc(C)c2N)c2ccccc12. The van der Waals surface area contributed by atoms with E-state index in [4.69, 9.17) is 10.5 Å². The van der Waals surface area contributed by atoms with E-state index in [1.807, 2.05) is 29.8 Å². The summed E-state index contributed by atoms with van der Waals surface area (Å²) in [5.41, 5.74) is 8.21. The molecule has 0 amide bonds. The van der Waals surface area contributed by atoms with Crippen LogP contribution in [0, 0.1) is 6.92 Å². The Hall–Kier alpha value is -2.49. The maximum atomic E-state index is 6.03. The van der Waals surface area contributed by atoms with E-state index in [0.717, 1.165) is 16.7 Å². The first-order valence-electron chi connectivity index (χ1n) is 6.53. The summed E-state index contributed by atoms with van der Waals surface area (Å²) in [7, 11) is 1.69. The number of hydrogen-bond donors (Lipinski definition) is 1. The van der Waals surface area contributed by atoms with Gasteiger partial charge in [0.05, 0.1) is 19.9 Å². The van der Waals surface area contributed by atoms with Crippen molar-refractivity contribution in [3.05, 3.63) is 53.7 Å². The maximum Gasteiger partial charge on any atom is 0.126 e. The highest BCUT2D eigenvalue weighted by Crippen LogP contribution is 2.29. The molecule has 0 bridgehead atoms. The molecule has 0 aliphatic rings. The topological polar surface area (TPSA) is 53.1 Å². The van der Waals surface area contributed by atoms with Crippen molar-refractivity contribution in [1.29, 1.82) is 0 Å². The van der Waals surface area contributed by atoms with Crippen LogP contribution in [0.5, 0.6) is 5.75 Å². The van der Waals surface area contributed by atoms with Gasteiger partial charge < -0.3 is 10.5 Å². The van der Waals surface area contributed by atoms with Crippen LogP contribution in [0.2, 0.25) is 0 Å². The van der Waals surface area contributed by atoms with Crippen molar-refractivity contribution in [2.24, 2.45) is 0 Å². The number of nitrogens with two attached hydrogens (primary N) is 1. The Morgan fingerprint density at radius 1 is 1.15 bits per heavy atom. The highest BCUT2D eigenvalue weighted by Gasteiger charge is 2.09. The van der Waals surface area contributed by atoms with E-state index in [0.29, 0.717) is 12.4 Å². The lowest BCUT2D eigenvalue weighted by Gasteiger charge is -2.11. The van der Waals surface area contributed by atoms with Crippen molar-refractivity contribution in [2.45, 2.75) is 13.5 Å². The lowest BCUT2D eigenvalue weighted by atomic mass is 10.0. The molecule has 0 atom stereocenters. The molecule has 3 aromatic rings. The number of aryl methyl sites for hydroxylation is 1. The molecule has 1 aromatic heterocycles. The molecule has 0 aliphatic heterocycles. The van der Waals surface area contributed by atoms with Crippen LogP contribution in [-0.4, -0.2) is 16.9 Å². The van der Waals surface area contributed by atoms with Crippen LogP contribution in [0.3, 0.4) is 0 Å². The van der Waals surface area contributed by atoms with Crippen LogP contribution < -0.4 is 10.5 Å². The summed E-state index contributed by atoms with van der Waals surface area (Å²) in [6.07, 6.45) is 1.79. The zero-order valence-corrected chi connectivity index (χ0v) is 11.6. The molecule has 0 saturated carbocycles. The highest BCUT2D eigenvalue weighted by atomic mass is 16.5. The van der Waals surface area contributed by atoms with Crippen LogP contribution in [0.25, 0.3) is 10.8 Å². The molecular formula is C16H17N3O. The molecule has 0 radical (unpaired) electrons. The molecule has 1 heterocycles. The molecule has 2 N–H and O–H groups in total. The molecule has 3 rings (SSSR count). The van der Waals surface area contributed by atoms with E-state index in [-0.39, 0.29) is 0 Å². The Morgan fingerprint density at radius 3 is 2.55 bits per heavy atom. The van der Waals surface area contributed by atoms with Gasteiger partial charge in [-0.3, -0.25) is 0 Å². The monoisotopic (exact) mass is 267 g/mol. The van der Waals surface area contributed by atoms with E-state index >= 15 is 0 Å². The number of ether oxygens (including phenoxy) is 1. The molecule has 0 aliphatic carbocycles. The third kappa shape index (κ3) is 1.99. The zero-order chi connectivity index (χ0) is 14.1. The predicted molar refractivity (Wildman–Crippen MR) is 81.0 cm³/mol. The van der Waals surface area contributed by atoms with E-state index in [1.54, 1.807) is 13.3 Å². The number of rotatable bonds is 3. The molecule has 102 valence electrons. The van der Waals surface area contributed by atoms with Gasteiger partial charge in [0.1, 0.15) is 11.6 Å². The quantitative estimate of drug-likeness (QED) is 0.793. The summed E-state index contributed by atoms with van der Waals surface area (Å²) >= 11 is 0. The number of nitrogen functional groups attached to an aromatic ring is 1. The smallest absolute Gasteiger partial charge is 0.126 e. The number of hydrogen-bond acceptors (Lipinski definition) is 3. The van der Waals surface area contributed by atoms with Crippen LogP contribution in [0.1, 0.15) is 11.1 Å². The molecule has 4 heteroatoms. The summed E-state index contributed by atoms with van der Waals surface area (Å²) in [6, 6.07) is 12.3. The second-order valence-corrected chi connectivity index (χ2v) is 4.84. The number of nitrogens with zero attached hydrogens (tertiary/aromatic N) is 2. The molecule has 20 heavy (non-hydrogen) atoms. The van der Waals surface area contributed by atoms with Crippen LogP contribution >= 0.6 is 0 Å². The second-order valence-electron chi connectivity index (χ2n) is 4.84. The lowest BCUT2D eigenvalue weighted by Crippen LogP contribution is -2.06. The number of benzene rings is 2. The zero-order valence-electron chi connectivity index (χ0n) is 11.6. The summed E-state index contributed by atoms with van der Waals surface area (Å²) < 4.78 is 7.24. The Bertz CT molecular complexity index is 762. The third-order valence-corrected chi connectivity index (χ3v) is 3.59. The largest absolute Gasteiger partial charge is 0.496 e. The fourth-order valence-corrected chi connectivity index (χ4v) is 2.43. The van der Waals surface area contributed by atoms with Gasteiger partial charge in [-0.05, 0) is 23.9 Å². The van der Waals surface area contributed by atoms with Gasteiger partial charge in [0, 0.05) is 10.9 Å². The van der Waals surface area contributed by atoms with Crippen molar-refractivity contribution in [1.82, 2.24) is 9.78 Å². The molecule has 4 nitrogen and oxygen atoms in total. The normalized spacial score (nSPS) is 10.9. The minimum absolute atomic E-state index is 0.657. The van der Waals surface area contributed by atoms with Gasteiger partial charge in [-0.1, -0.05) is 30.3 Å². The number of fused-ring (bicyclic) bond motifs is 1. The molecule has 0 saturated heterocycles. The van der Waals surface area contributed by atoms with Crippen LogP contribution in [0.4, 0.5) is 5.82 Å². The number of methoxy groups -OCH3 is 1. The minimum Gasteiger partial charge on any atom is -0.496 e. The van der Waals surface area contributed by atoms with Crippen molar-refractivity contribution in [3.63, 3.8) is 0 Å². The van der Waals surface area contributed by atoms with Gasteiger partial charge in [0.2, 0.25) is 0 Å². The highest BCUT2D eigenvalue weighted by molar-refractivity contribution is 5.91. The first kappa shape index (κ1) is 12.5. The van der Waals surface area contributed by atoms with Crippen molar-refractivity contribution in [2.75, 3.05) is 12.8 Å². The predicted octanol–water partition coefficient (Wildman–Crippen LogP) is 2.98. The maximum absolute atomic E-state index is 6.03. The Balaban J connectivity index is 2.11. The first-order valence-corrected chi connectivity index (χ1v) is 6.53. The van der Waals surface area contributed by atoms with Gasteiger partial charge in [-0.15, -0.1) is 0 Å².